The largest absolute Gasteiger partial charge is 0.469 e. The van der Waals surface area contributed by atoms with Crippen molar-refractivity contribution in [3.8, 4) is 0 Å². The lowest BCUT2D eigenvalue weighted by Gasteiger charge is -2.34. The fourth-order valence-corrected chi connectivity index (χ4v) is 3.51. The average molecular weight is 363 g/mol. The van der Waals surface area contributed by atoms with Gasteiger partial charge in [0, 0.05) is 18.1 Å². The number of nitrogens with two attached hydrogens (primary N) is 1. The fourth-order valence-electron chi connectivity index (χ4n) is 2.39. The summed E-state index contributed by atoms with van der Waals surface area (Å²) in [4.78, 5) is 35.6. The molecular weight excluding hydrogens is 334 g/mol. The quantitative estimate of drug-likeness (QED) is 0.333. The van der Waals surface area contributed by atoms with E-state index in [1.54, 1.807) is 20.8 Å². The minimum absolute atomic E-state index is 0.125. The van der Waals surface area contributed by atoms with E-state index in [-0.39, 0.29) is 37.9 Å². The SMILES string of the molecule is COC(=O)CCSCC(C)(CC(C)(C)C(=O)OC)C(=O)OCCN. The summed E-state index contributed by atoms with van der Waals surface area (Å²) in [7, 11) is 2.65. The van der Waals surface area contributed by atoms with E-state index in [2.05, 4.69) is 4.74 Å². The van der Waals surface area contributed by atoms with Crippen LogP contribution in [0.2, 0.25) is 0 Å². The van der Waals surface area contributed by atoms with E-state index in [1.807, 2.05) is 0 Å². The standard InChI is InChI=1S/C16H29NO6S/c1-15(2,13(19)22-5)10-16(3,14(20)23-8-7-17)11-24-9-6-12(18)21-4/h6-11,17H2,1-5H3. The Hall–Kier alpha value is -1.28. The van der Waals surface area contributed by atoms with E-state index in [9.17, 15) is 14.4 Å². The second kappa shape index (κ2) is 10.6. The molecule has 0 saturated carbocycles. The molecular formula is C16H29NO6S. The van der Waals surface area contributed by atoms with Gasteiger partial charge in [-0.05, 0) is 27.2 Å². The summed E-state index contributed by atoms with van der Waals surface area (Å²) in [6, 6.07) is 0. The highest BCUT2D eigenvalue weighted by atomic mass is 32.2. The van der Waals surface area contributed by atoms with Crippen LogP contribution in [0.5, 0.6) is 0 Å². The lowest BCUT2D eigenvalue weighted by atomic mass is 9.75. The minimum Gasteiger partial charge on any atom is -0.469 e. The molecule has 24 heavy (non-hydrogen) atoms. The number of ether oxygens (including phenoxy) is 3. The predicted octanol–water partition coefficient (Wildman–Crippen LogP) is 1.38. The lowest BCUT2D eigenvalue weighted by molar-refractivity contribution is -0.160. The minimum atomic E-state index is -0.895. The van der Waals surface area contributed by atoms with Crippen molar-refractivity contribution < 1.29 is 28.6 Å². The van der Waals surface area contributed by atoms with Gasteiger partial charge in [-0.2, -0.15) is 11.8 Å². The number of carbonyl (C=O) groups is 3. The van der Waals surface area contributed by atoms with E-state index in [4.69, 9.17) is 15.2 Å². The first-order valence-electron chi connectivity index (χ1n) is 7.73. The van der Waals surface area contributed by atoms with E-state index in [1.165, 1.54) is 26.0 Å². The Kier molecular flexibility index (Phi) is 9.99. The van der Waals surface area contributed by atoms with Crippen LogP contribution in [0, 0.1) is 10.8 Å². The van der Waals surface area contributed by atoms with Gasteiger partial charge in [0.2, 0.25) is 0 Å². The first-order chi connectivity index (χ1) is 11.1. The Morgan fingerprint density at radius 1 is 1.04 bits per heavy atom. The van der Waals surface area contributed by atoms with Crippen molar-refractivity contribution in [1.82, 2.24) is 0 Å². The van der Waals surface area contributed by atoms with Gasteiger partial charge < -0.3 is 19.9 Å². The molecule has 7 nitrogen and oxygen atoms in total. The maximum Gasteiger partial charge on any atom is 0.312 e. The van der Waals surface area contributed by atoms with Crippen LogP contribution >= 0.6 is 11.8 Å². The first-order valence-corrected chi connectivity index (χ1v) is 8.88. The van der Waals surface area contributed by atoms with Crippen LogP contribution in [0.1, 0.15) is 33.6 Å². The summed E-state index contributed by atoms with van der Waals surface area (Å²) < 4.78 is 14.6. The Balaban J connectivity index is 4.98. The summed E-state index contributed by atoms with van der Waals surface area (Å²) in [6.07, 6.45) is 0.525. The molecule has 0 radical (unpaired) electrons. The number of thioether (sulfide) groups is 1. The van der Waals surface area contributed by atoms with Crippen LogP contribution < -0.4 is 5.73 Å². The Morgan fingerprint density at radius 2 is 1.67 bits per heavy atom. The number of methoxy groups -OCH3 is 2. The van der Waals surface area contributed by atoms with Gasteiger partial charge in [0.05, 0.1) is 31.5 Å². The number of hydrogen-bond acceptors (Lipinski definition) is 8. The molecule has 0 heterocycles. The van der Waals surface area contributed by atoms with Crippen LogP contribution in [-0.2, 0) is 28.6 Å². The highest BCUT2D eigenvalue weighted by Crippen LogP contribution is 2.38. The average Bonchev–Trinajstić information content (AvgIpc) is 2.54. The van der Waals surface area contributed by atoms with Gasteiger partial charge in [0.1, 0.15) is 6.61 Å². The molecule has 0 aromatic heterocycles. The Bertz CT molecular complexity index is 440. The van der Waals surface area contributed by atoms with Crippen molar-refractivity contribution in [2.24, 2.45) is 16.6 Å². The van der Waals surface area contributed by atoms with Gasteiger partial charge >= 0.3 is 17.9 Å². The second-order valence-electron chi connectivity index (χ2n) is 6.42. The molecule has 0 rings (SSSR count). The molecule has 0 fully saturated rings. The summed E-state index contributed by atoms with van der Waals surface area (Å²) >= 11 is 1.44. The molecule has 2 N–H and O–H groups in total. The normalized spacial score (nSPS) is 13.8. The third-order valence-corrected chi connectivity index (χ3v) is 4.85. The van der Waals surface area contributed by atoms with E-state index in [0.29, 0.717) is 11.5 Å². The second-order valence-corrected chi connectivity index (χ2v) is 7.52. The third kappa shape index (κ3) is 7.53. The van der Waals surface area contributed by atoms with Gasteiger partial charge in [-0.25, -0.2) is 0 Å². The van der Waals surface area contributed by atoms with Crippen molar-refractivity contribution in [2.45, 2.75) is 33.6 Å². The molecule has 0 saturated heterocycles. The molecule has 0 aliphatic rings. The van der Waals surface area contributed by atoms with Gasteiger partial charge in [0.25, 0.3) is 0 Å². The van der Waals surface area contributed by atoms with Crippen molar-refractivity contribution in [2.75, 3.05) is 38.9 Å². The fraction of sp³-hybridized carbons (Fsp3) is 0.812. The molecule has 1 atom stereocenters. The van der Waals surface area contributed by atoms with Crippen LogP contribution in [0.15, 0.2) is 0 Å². The molecule has 0 aromatic carbocycles. The van der Waals surface area contributed by atoms with Gasteiger partial charge in [-0.1, -0.05) is 0 Å². The molecule has 8 heteroatoms. The smallest absolute Gasteiger partial charge is 0.312 e. The number of esters is 3. The van der Waals surface area contributed by atoms with Gasteiger partial charge in [-0.15, -0.1) is 0 Å². The van der Waals surface area contributed by atoms with Crippen LogP contribution in [0.4, 0.5) is 0 Å². The highest BCUT2D eigenvalue weighted by Gasteiger charge is 2.43. The highest BCUT2D eigenvalue weighted by molar-refractivity contribution is 7.99. The molecule has 0 aromatic rings. The zero-order valence-electron chi connectivity index (χ0n) is 15.2. The van der Waals surface area contributed by atoms with E-state index >= 15 is 0 Å². The summed E-state index contributed by atoms with van der Waals surface area (Å²) in [5.41, 5.74) is 3.65. The van der Waals surface area contributed by atoms with E-state index < -0.39 is 16.8 Å². The maximum atomic E-state index is 12.5. The first kappa shape index (κ1) is 22.7. The molecule has 0 aliphatic heterocycles. The van der Waals surface area contributed by atoms with Crippen molar-refractivity contribution in [3.05, 3.63) is 0 Å². The van der Waals surface area contributed by atoms with Crippen LogP contribution in [-0.4, -0.2) is 56.8 Å². The van der Waals surface area contributed by atoms with Gasteiger partial charge in [-0.3, -0.25) is 14.4 Å². The summed E-state index contributed by atoms with van der Waals surface area (Å²) in [6.45, 7) is 5.57. The summed E-state index contributed by atoms with van der Waals surface area (Å²) in [5, 5.41) is 0. The molecule has 0 aliphatic carbocycles. The number of carbonyl (C=O) groups excluding carboxylic acids is 3. The number of rotatable bonds is 11. The summed E-state index contributed by atoms with van der Waals surface area (Å²) in [5.74, 6) is -0.168. The van der Waals surface area contributed by atoms with Crippen molar-refractivity contribution in [1.29, 1.82) is 0 Å². The topological polar surface area (TPSA) is 105 Å². The van der Waals surface area contributed by atoms with Crippen LogP contribution in [0.3, 0.4) is 0 Å². The lowest BCUT2D eigenvalue weighted by Crippen LogP contribution is -2.41. The van der Waals surface area contributed by atoms with E-state index in [0.717, 1.165) is 0 Å². The Labute approximate surface area is 148 Å². The Morgan fingerprint density at radius 3 is 2.17 bits per heavy atom. The van der Waals surface area contributed by atoms with Crippen LogP contribution in [0.25, 0.3) is 0 Å². The third-order valence-electron chi connectivity index (χ3n) is 3.51. The zero-order chi connectivity index (χ0) is 18.8. The molecule has 0 bridgehead atoms. The van der Waals surface area contributed by atoms with Gasteiger partial charge in [0.15, 0.2) is 0 Å². The molecule has 0 amide bonds. The molecule has 0 spiro atoms. The number of hydrogen-bond donors (Lipinski definition) is 1. The molecule has 1 unspecified atom stereocenters. The maximum absolute atomic E-state index is 12.5. The molecule has 140 valence electrons. The predicted molar refractivity (Wildman–Crippen MR) is 92.5 cm³/mol. The van der Waals surface area contributed by atoms with Crippen molar-refractivity contribution in [3.63, 3.8) is 0 Å². The monoisotopic (exact) mass is 363 g/mol. The zero-order valence-corrected chi connectivity index (χ0v) is 16.0. The van der Waals surface area contributed by atoms with Crippen molar-refractivity contribution >= 4 is 29.7 Å².